The summed E-state index contributed by atoms with van der Waals surface area (Å²) < 4.78 is 0. The third-order valence-electron chi connectivity index (χ3n) is 4.33. The molecule has 2 N–H and O–H groups in total. The second-order valence-corrected chi connectivity index (χ2v) is 7.11. The monoisotopic (exact) mass is 260 g/mol. The Kier molecular flexibility index (Phi) is 4.32. The lowest BCUT2D eigenvalue weighted by molar-refractivity contribution is 0.162. The van der Waals surface area contributed by atoms with Crippen LogP contribution in [0, 0.1) is 5.92 Å². The van der Waals surface area contributed by atoms with Gasteiger partial charge in [0.2, 0.25) is 0 Å². The summed E-state index contributed by atoms with van der Waals surface area (Å²) in [6, 6.07) is 9.40. The van der Waals surface area contributed by atoms with E-state index in [2.05, 4.69) is 56.9 Å². The molecular formula is C17H28N2. The minimum Gasteiger partial charge on any atom is -0.326 e. The largest absolute Gasteiger partial charge is 0.326 e. The summed E-state index contributed by atoms with van der Waals surface area (Å²) in [5, 5.41) is 0. The molecule has 2 rings (SSSR count). The summed E-state index contributed by atoms with van der Waals surface area (Å²) in [6.07, 6.45) is 1.22. The Bertz CT molecular complexity index is 402. The normalized spacial score (nSPS) is 25.5. The van der Waals surface area contributed by atoms with E-state index >= 15 is 0 Å². The molecule has 2 unspecified atom stereocenters. The van der Waals surface area contributed by atoms with E-state index < -0.39 is 0 Å². The van der Waals surface area contributed by atoms with Crippen LogP contribution in [0.5, 0.6) is 0 Å². The zero-order valence-electron chi connectivity index (χ0n) is 12.8. The quantitative estimate of drug-likeness (QED) is 0.885. The van der Waals surface area contributed by atoms with Gasteiger partial charge < -0.3 is 5.73 Å². The lowest BCUT2D eigenvalue weighted by Crippen LogP contribution is -2.47. The molecule has 2 atom stereocenters. The maximum atomic E-state index is 6.16. The minimum atomic E-state index is 0.238. The van der Waals surface area contributed by atoms with Gasteiger partial charge in [0.05, 0.1) is 0 Å². The van der Waals surface area contributed by atoms with E-state index in [0.717, 1.165) is 13.1 Å². The van der Waals surface area contributed by atoms with E-state index in [1.807, 2.05) is 0 Å². The van der Waals surface area contributed by atoms with Gasteiger partial charge in [0.1, 0.15) is 0 Å². The number of hydrogen-bond acceptors (Lipinski definition) is 2. The summed E-state index contributed by atoms with van der Waals surface area (Å²) in [5.74, 6) is 0.666. The SMILES string of the molecule is CC1CCN(Cc2ccc(C(C)(C)C)cc2)CC1N. The summed E-state index contributed by atoms with van der Waals surface area (Å²) in [4.78, 5) is 2.48. The first-order valence-corrected chi connectivity index (χ1v) is 7.43. The molecule has 1 aromatic rings. The molecule has 1 aromatic carbocycles. The van der Waals surface area contributed by atoms with E-state index in [4.69, 9.17) is 5.73 Å². The predicted octanol–water partition coefficient (Wildman–Crippen LogP) is 3.15. The highest BCUT2D eigenvalue weighted by Crippen LogP contribution is 2.23. The molecule has 2 nitrogen and oxygen atoms in total. The average Bonchev–Trinajstić information content (AvgIpc) is 2.33. The van der Waals surface area contributed by atoms with Crippen LogP contribution in [0.4, 0.5) is 0 Å². The van der Waals surface area contributed by atoms with Gasteiger partial charge in [0, 0.05) is 19.1 Å². The fourth-order valence-electron chi connectivity index (χ4n) is 2.68. The van der Waals surface area contributed by atoms with E-state index in [1.165, 1.54) is 24.1 Å². The van der Waals surface area contributed by atoms with Gasteiger partial charge in [0.15, 0.2) is 0 Å². The van der Waals surface area contributed by atoms with Crippen LogP contribution in [0.15, 0.2) is 24.3 Å². The van der Waals surface area contributed by atoms with Gasteiger partial charge in [-0.15, -0.1) is 0 Å². The van der Waals surface area contributed by atoms with E-state index in [-0.39, 0.29) is 5.41 Å². The number of rotatable bonds is 2. The van der Waals surface area contributed by atoms with Gasteiger partial charge in [-0.05, 0) is 35.4 Å². The maximum Gasteiger partial charge on any atom is 0.0234 e. The summed E-state index contributed by atoms with van der Waals surface area (Å²) in [5.41, 5.74) is 9.20. The van der Waals surface area contributed by atoms with Gasteiger partial charge in [-0.25, -0.2) is 0 Å². The highest BCUT2D eigenvalue weighted by Gasteiger charge is 2.23. The van der Waals surface area contributed by atoms with Gasteiger partial charge in [-0.1, -0.05) is 52.0 Å². The fourth-order valence-corrected chi connectivity index (χ4v) is 2.68. The van der Waals surface area contributed by atoms with Crippen LogP contribution < -0.4 is 5.73 Å². The molecular weight excluding hydrogens is 232 g/mol. The molecule has 0 spiro atoms. The van der Waals surface area contributed by atoms with E-state index in [0.29, 0.717) is 12.0 Å². The van der Waals surface area contributed by atoms with Gasteiger partial charge in [0.25, 0.3) is 0 Å². The van der Waals surface area contributed by atoms with Crippen LogP contribution in [0.1, 0.15) is 45.2 Å². The summed E-state index contributed by atoms with van der Waals surface area (Å²) >= 11 is 0. The van der Waals surface area contributed by atoms with Crippen molar-refractivity contribution >= 4 is 0 Å². The molecule has 2 heteroatoms. The van der Waals surface area contributed by atoms with Crippen molar-refractivity contribution in [3.8, 4) is 0 Å². The Morgan fingerprint density at radius 2 is 1.84 bits per heavy atom. The van der Waals surface area contributed by atoms with Crippen LogP contribution >= 0.6 is 0 Å². The van der Waals surface area contributed by atoms with Crippen molar-refractivity contribution in [1.82, 2.24) is 4.90 Å². The predicted molar refractivity (Wildman–Crippen MR) is 82.2 cm³/mol. The fraction of sp³-hybridized carbons (Fsp3) is 0.647. The maximum absolute atomic E-state index is 6.16. The van der Waals surface area contributed by atoms with Crippen molar-refractivity contribution in [3.05, 3.63) is 35.4 Å². The van der Waals surface area contributed by atoms with E-state index in [1.54, 1.807) is 0 Å². The second kappa shape index (κ2) is 5.64. The van der Waals surface area contributed by atoms with Crippen molar-refractivity contribution in [3.63, 3.8) is 0 Å². The van der Waals surface area contributed by atoms with Crippen molar-refractivity contribution in [2.75, 3.05) is 13.1 Å². The molecule has 19 heavy (non-hydrogen) atoms. The third-order valence-corrected chi connectivity index (χ3v) is 4.33. The number of nitrogens with two attached hydrogens (primary N) is 1. The van der Waals surface area contributed by atoms with Crippen molar-refractivity contribution in [1.29, 1.82) is 0 Å². The minimum absolute atomic E-state index is 0.238. The van der Waals surface area contributed by atoms with Crippen LogP contribution in [0.3, 0.4) is 0 Å². The number of hydrogen-bond donors (Lipinski definition) is 1. The Morgan fingerprint density at radius 3 is 2.37 bits per heavy atom. The average molecular weight is 260 g/mol. The van der Waals surface area contributed by atoms with Crippen LogP contribution in [-0.2, 0) is 12.0 Å². The van der Waals surface area contributed by atoms with Gasteiger partial charge >= 0.3 is 0 Å². The smallest absolute Gasteiger partial charge is 0.0234 e. The molecule has 1 aliphatic rings. The molecule has 0 aliphatic carbocycles. The Labute approximate surface area is 118 Å². The van der Waals surface area contributed by atoms with Gasteiger partial charge in [-0.2, -0.15) is 0 Å². The molecule has 0 saturated carbocycles. The second-order valence-electron chi connectivity index (χ2n) is 7.11. The molecule has 1 saturated heterocycles. The molecule has 106 valence electrons. The number of likely N-dealkylation sites (tertiary alicyclic amines) is 1. The van der Waals surface area contributed by atoms with E-state index in [9.17, 15) is 0 Å². The summed E-state index contributed by atoms with van der Waals surface area (Å²) in [7, 11) is 0. The first-order valence-electron chi connectivity index (χ1n) is 7.43. The Hall–Kier alpha value is -0.860. The number of piperidine rings is 1. The van der Waals surface area contributed by atoms with Gasteiger partial charge in [-0.3, -0.25) is 4.90 Å². The molecule has 0 amide bonds. The first kappa shape index (κ1) is 14.5. The zero-order chi connectivity index (χ0) is 14.0. The highest BCUT2D eigenvalue weighted by atomic mass is 15.1. The van der Waals surface area contributed by atoms with Crippen molar-refractivity contribution < 1.29 is 0 Å². The number of benzene rings is 1. The highest BCUT2D eigenvalue weighted by molar-refractivity contribution is 5.27. The Morgan fingerprint density at radius 1 is 1.21 bits per heavy atom. The molecule has 0 bridgehead atoms. The number of nitrogens with zero attached hydrogens (tertiary/aromatic N) is 1. The Balaban J connectivity index is 1.97. The molecule has 0 radical (unpaired) electrons. The van der Waals surface area contributed by atoms with Crippen LogP contribution in [-0.4, -0.2) is 24.0 Å². The van der Waals surface area contributed by atoms with Crippen LogP contribution in [0.2, 0.25) is 0 Å². The topological polar surface area (TPSA) is 29.3 Å². The van der Waals surface area contributed by atoms with Crippen molar-refractivity contribution in [2.45, 2.75) is 52.1 Å². The zero-order valence-corrected chi connectivity index (χ0v) is 12.8. The lowest BCUT2D eigenvalue weighted by Gasteiger charge is -2.35. The summed E-state index contributed by atoms with van der Waals surface area (Å²) in [6.45, 7) is 12.3. The standard InChI is InChI=1S/C17H28N2/c1-13-9-10-19(12-16(13)18)11-14-5-7-15(8-6-14)17(2,3)4/h5-8,13,16H,9-12,18H2,1-4H3. The first-order chi connectivity index (χ1) is 8.86. The third kappa shape index (κ3) is 3.80. The van der Waals surface area contributed by atoms with Crippen LogP contribution in [0.25, 0.3) is 0 Å². The molecule has 1 fully saturated rings. The van der Waals surface area contributed by atoms with Crippen molar-refractivity contribution in [2.24, 2.45) is 11.7 Å². The molecule has 1 aliphatic heterocycles. The molecule has 1 heterocycles. The lowest BCUT2D eigenvalue weighted by atomic mass is 9.86. The molecule has 0 aromatic heterocycles.